The van der Waals surface area contributed by atoms with E-state index in [4.69, 9.17) is 0 Å². The summed E-state index contributed by atoms with van der Waals surface area (Å²) >= 11 is 2.65. The SMILES string of the molecule is c1ccc2c(c1)C[Se][Se]Cc1ccccc1-c1ccccc1C[Se][Se]Cc1ccccc1-2. The summed E-state index contributed by atoms with van der Waals surface area (Å²) < 4.78 is 0. The number of rotatable bonds is 0. The summed E-state index contributed by atoms with van der Waals surface area (Å²) in [4.78, 5) is 0. The molecule has 0 bridgehead atoms. The molecule has 0 radical (unpaired) electrons. The van der Waals surface area contributed by atoms with Crippen LogP contribution in [0.4, 0.5) is 0 Å². The molecule has 0 saturated carbocycles. The van der Waals surface area contributed by atoms with E-state index in [0.717, 1.165) is 0 Å². The van der Waals surface area contributed by atoms with E-state index in [1.807, 2.05) is 0 Å². The van der Waals surface area contributed by atoms with Crippen molar-refractivity contribution in [1.29, 1.82) is 0 Å². The van der Waals surface area contributed by atoms with Crippen LogP contribution in [0.3, 0.4) is 0 Å². The molecule has 160 valence electrons. The van der Waals surface area contributed by atoms with E-state index < -0.39 is 0 Å². The van der Waals surface area contributed by atoms with Crippen LogP contribution < -0.4 is 0 Å². The van der Waals surface area contributed by atoms with Crippen LogP contribution >= 0.6 is 0 Å². The van der Waals surface area contributed by atoms with Crippen molar-refractivity contribution in [2.75, 3.05) is 0 Å². The summed E-state index contributed by atoms with van der Waals surface area (Å²) in [7, 11) is 0. The number of benzene rings is 4. The summed E-state index contributed by atoms with van der Waals surface area (Å²) in [6, 6.07) is 36.6. The van der Waals surface area contributed by atoms with Gasteiger partial charge in [0, 0.05) is 0 Å². The molecule has 4 aromatic rings. The van der Waals surface area contributed by atoms with Crippen molar-refractivity contribution >= 4 is 52.5 Å². The Morgan fingerprint density at radius 1 is 0.312 bits per heavy atom. The van der Waals surface area contributed by atoms with Crippen LogP contribution in [0, 0.1) is 0 Å². The van der Waals surface area contributed by atoms with Gasteiger partial charge in [0.15, 0.2) is 0 Å². The Bertz CT molecular complexity index is 1010. The Kier molecular flexibility index (Phi) is 8.09. The second-order valence-corrected chi connectivity index (χ2v) is 22.4. The molecular formula is C28H24Se4. The van der Waals surface area contributed by atoms with Crippen molar-refractivity contribution in [3.05, 3.63) is 119 Å². The van der Waals surface area contributed by atoms with Crippen molar-refractivity contribution in [3.8, 4) is 22.3 Å². The fourth-order valence-corrected chi connectivity index (χ4v) is 17.1. The fraction of sp³-hybridized carbons (Fsp3) is 0.143. The average Bonchev–Trinajstić information content (AvgIpc) is 2.85. The van der Waals surface area contributed by atoms with E-state index in [9.17, 15) is 0 Å². The zero-order valence-corrected chi connectivity index (χ0v) is 24.6. The first kappa shape index (κ1) is 22.7. The Hall–Kier alpha value is -1.04. The van der Waals surface area contributed by atoms with Crippen LogP contribution in [0.5, 0.6) is 0 Å². The average molecular weight is 676 g/mol. The first-order valence-corrected chi connectivity index (χ1v) is 24.2. The zero-order chi connectivity index (χ0) is 21.6. The Balaban J connectivity index is 1.50. The molecule has 0 nitrogen and oxygen atoms in total. The van der Waals surface area contributed by atoms with Crippen LogP contribution in [0.1, 0.15) is 22.3 Å². The molecule has 0 saturated heterocycles. The van der Waals surface area contributed by atoms with Crippen molar-refractivity contribution in [2.24, 2.45) is 0 Å². The van der Waals surface area contributed by atoms with E-state index in [1.54, 1.807) is 22.3 Å². The number of hydrogen-bond donors (Lipinski definition) is 0. The summed E-state index contributed by atoms with van der Waals surface area (Å²) in [6.45, 7) is 0. The predicted molar refractivity (Wildman–Crippen MR) is 142 cm³/mol. The molecular weight excluding hydrogens is 652 g/mol. The van der Waals surface area contributed by atoms with Gasteiger partial charge >= 0.3 is 215 Å². The predicted octanol–water partition coefficient (Wildman–Crippen LogP) is 5.38. The molecule has 1 heterocycles. The number of fused-ring (bicyclic) bond motifs is 6. The molecule has 0 unspecified atom stereocenters. The standard InChI is InChI=1S/C28H24Se4/c1-5-13-25-21(9-1)17-29-30-19-23-11-3-7-15-27(23)28-16-8-4-12-24(28)20-32-31-18-22-10-2-6-14-26(22)25/h1-16H,17-20H2. The zero-order valence-electron chi connectivity index (χ0n) is 17.7. The molecule has 0 fully saturated rings. The minimum absolute atomic E-state index is 0.662. The van der Waals surface area contributed by atoms with Gasteiger partial charge in [-0.1, -0.05) is 0 Å². The molecule has 1 aliphatic heterocycles. The Morgan fingerprint density at radius 2 is 0.531 bits per heavy atom. The van der Waals surface area contributed by atoms with Crippen LogP contribution in [0.2, 0.25) is 0 Å². The first-order valence-electron chi connectivity index (χ1n) is 10.7. The molecule has 0 aromatic heterocycles. The van der Waals surface area contributed by atoms with Gasteiger partial charge in [0.2, 0.25) is 0 Å². The van der Waals surface area contributed by atoms with E-state index in [1.165, 1.54) is 43.5 Å². The molecule has 4 aromatic carbocycles. The minimum atomic E-state index is 0.662. The van der Waals surface area contributed by atoms with Gasteiger partial charge in [-0.2, -0.15) is 0 Å². The molecule has 0 aliphatic carbocycles. The summed E-state index contributed by atoms with van der Waals surface area (Å²) in [5.74, 6) is 0. The van der Waals surface area contributed by atoms with Gasteiger partial charge in [0.05, 0.1) is 0 Å². The van der Waals surface area contributed by atoms with Crippen LogP contribution in [-0.2, 0) is 21.3 Å². The molecule has 5 rings (SSSR count). The molecule has 32 heavy (non-hydrogen) atoms. The second kappa shape index (κ2) is 11.4. The van der Waals surface area contributed by atoms with Crippen molar-refractivity contribution in [2.45, 2.75) is 21.3 Å². The maximum absolute atomic E-state index is 2.37. The summed E-state index contributed by atoms with van der Waals surface area (Å²) in [5, 5.41) is 4.97. The first-order chi connectivity index (χ1) is 15.9. The summed E-state index contributed by atoms with van der Waals surface area (Å²) in [5.41, 5.74) is 12.1. The summed E-state index contributed by atoms with van der Waals surface area (Å²) in [6.07, 6.45) is 0. The monoisotopic (exact) mass is 680 g/mol. The third-order valence-electron chi connectivity index (χ3n) is 5.67. The molecule has 0 amide bonds. The van der Waals surface area contributed by atoms with Crippen LogP contribution in [0.25, 0.3) is 22.3 Å². The van der Waals surface area contributed by atoms with Gasteiger partial charge in [-0.15, -0.1) is 0 Å². The maximum atomic E-state index is 2.37. The van der Waals surface area contributed by atoms with Crippen molar-refractivity contribution < 1.29 is 0 Å². The van der Waals surface area contributed by atoms with Gasteiger partial charge in [-0.3, -0.25) is 0 Å². The van der Waals surface area contributed by atoms with Crippen LogP contribution in [0.15, 0.2) is 97.1 Å². The van der Waals surface area contributed by atoms with E-state index >= 15 is 0 Å². The van der Waals surface area contributed by atoms with Gasteiger partial charge in [0.25, 0.3) is 0 Å². The molecule has 4 heteroatoms. The third-order valence-corrected chi connectivity index (χ3v) is 18.7. The van der Waals surface area contributed by atoms with Gasteiger partial charge in [-0.25, -0.2) is 0 Å². The van der Waals surface area contributed by atoms with Crippen molar-refractivity contribution in [3.63, 3.8) is 0 Å². The number of hydrogen-bond acceptors (Lipinski definition) is 0. The third kappa shape index (κ3) is 5.36. The Morgan fingerprint density at radius 3 is 0.781 bits per heavy atom. The molecule has 0 spiro atoms. The Labute approximate surface area is 213 Å². The van der Waals surface area contributed by atoms with Crippen molar-refractivity contribution in [1.82, 2.24) is 0 Å². The molecule has 1 aliphatic rings. The van der Waals surface area contributed by atoms with E-state index in [-0.39, 0.29) is 0 Å². The van der Waals surface area contributed by atoms with Gasteiger partial charge in [-0.05, 0) is 0 Å². The molecule has 0 N–H and O–H groups in total. The van der Waals surface area contributed by atoms with Crippen LogP contribution in [-0.4, -0.2) is 52.5 Å². The quantitative estimate of drug-likeness (QED) is 0.220. The van der Waals surface area contributed by atoms with Gasteiger partial charge in [0.1, 0.15) is 0 Å². The topological polar surface area (TPSA) is 0 Å². The molecule has 0 atom stereocenters. The normalized spacial score (nSPS) is 14.5. The van der Waals surface area contributed by atoms with E-state index in [2.05, 4.69) is 97.1 Å². The second-order valence-electron chi connectivity index (χ2n) is 7.68. The fourth-order valence-electron chi connectivity index (χ4n) is 4.06. The van der Waals surface area contributed by atoms with E-state index in [0.29, 0.717) is 52.5 Å². The van der Waals surface area contributed by atoms with Gasteiger partial charge < -0.3 is 0 Å².